The molecule has 2 atom stereocenters. The van der Waals surface area contributed by atoms with Crippen LogP contribution in [0.5, 0.6) is 0 Å². The van der Waals surface area contributed by atoms with Crippen molar-refractivity contribution in [2.45, 2.75) is 46.4 Å². The lowest BCUT2D eigenvalue weighted by molar-refractivity contribution is -0.0707. The van der Waals surface area contributed by atoms with Gasteiger partial charge < -0.3 is 9.72 Å². The van der Waals surface area contributed by atoms with E-state index in [0.717, 1.165) is 25.3 Å². The third-order valence-electron chi connectivity index (χ3n) is 4.56. The summed E-state index contributed by atoms with van der Waals surface area (Å²) in [7, 11) is 0. The number of aromatic nitrogens is 2. The predicted molar refractivity (Wildman–Crippen MR) is 107 cm³/mol. The van der Waals surface area contributed by atoms with Crippen molar-refractivity contribution in [3.8, 4) is 0 Å². The first kappa shape index (κ1) is 18.6. The second-order valence-electron chi connectivity index (χ2n) is 7.34. The van der Waals surface area contributed by atoms with Crippen LogP contribution < -0.4 is 0 Å². The number of hydrogen-bond acceptors (Lipinski definition) is 3. The van der Waals surface area contributed by atoms with Crippen molar-refractivity contribution in [3.63, 3.8) is 0 Å². The van der Waals surface area contributed by atoms with E-state index in [1.54, 1.807) is 0 Å². The highest BCUT2D eigenvalue weighted by Crippen LogP contribution is 2.17. The fraction of sp³-hybridized carbons (Fsp3) is 0.409. The van der Waals surface area contributed by atoms with Crippen molar-refractivity contribution < 1.29 is 4.74 Å². The zero-order chi connectivity index (χ0) is 18.5. The Kier molecular flexibility index (Phi) is 6.07. The molecule has 1 aliphatic rings. The van der Waals surface area contributed by atoms with Crippen LogP contribution in [0.25, 0.3) is 11.0 Å². The Morgan fingerprint density at radius 2 is 1.65 bits per heavy atom. The molecule has 26 heavy (non-hydrogen) atoms. The highest BCUT2D eigenvalue weighted by atomic mass is 16.5. The lowest BCUT2D eigenvalue weighted by Crippen LogP contribution is -2.44. The summed E-state index contributed by atoms with van der Waals surface area (Å²) >= 11 is 0. The van der Waals surface area contributed by atoms with E-state index in [2.05, 4.69) is 79.0 Å². The lowest BCUT2D eigenvalue weighted by atomic mass is 10.2. The molecule has 3 aromatic rings. The van der Waals surface area contributed by atoms with Crippen LogP contribution in [0.2, 0.25) is 0 Å². The molecule has 0 amide bonds. The van der Waals surface area contributed by atoms with Gasteiger partial charge in [0.05, 0.1) is 12.2 Å². The molecule has 4 heteroatoms. The van der Waals surface area contributed by atoms with Gasteiger partial charge in [0.25, 0.3) is 0 Å². The summed E-state index contributed by atoms with van der Waals surface area (Å²) in [4.78, 5) is 10.1. The summed E-state index contributed by atoms with van der Waals surface area (Å²) in [5, 5.41) is 1.18. The van der Waals surface area contributed by atoms with Crippen LogP contribution in [0.3, 0.4) is 0 Å². The molecule has 0 radical (unpaired) electrons. The molecule has 1 aliphatic heterocycles. The number of aryl methyl sites for hydroxylation is 2. The van der Waals surface area contributed by atoms with Gasteiger partial charge in [0.15, 0.2) is 0 Å². The first-order valence-electron chi connectivity index (χ1n) is 9.33. The van der Waals surface area contributed by atoms with Crippen molar-refractivity contribution >= 4 is 11.0 Å². The van der Waals surface area contributed by atoms with Gasteiger partial charge in [-0.3, -0.25) is 4.90 Å². The van der Waals surface area contributed by atoms with Gasteiger partial charge in [0.2, 0.25) is 0 Å². The van der Waals surface area contributed by atoms with Crippen molar-refractivity contribution in [1.82, 2.24) is 14.9 Å². The van der Waals surface area contributed by atoms with Crippen molar-refractivity contribution in [2.75, 3.05) is 13.1 Å². The zero-order valence-corrected chi connectivity index (χ0v) is 16.2. The van der Waals surface area contributed by atoms with Gasteiger partial charge in [0, 0.05) is 36.9 Å². The molecule has 1 aromatic carbocycles. The molecule has 0 spiro atoms. The second kappa shape index (κ2) is 8.47. The van der Waals surface area contributed by atoms with Crippen molar-refractivity contribution in [3.05, 3.63) is 65.5 Å². The van der Waals surface area contributed by atoms with Gasteiger partial charge in [0.1, 0.15) is 5.65 Å². The second-order valence-corrected chi connectivity index (χ2v) is 7.34. The van der Waals surface area contributed by atoms with Crippen LogP contribution in [-0.2, 0) is 11.3 Å². The molecule has 0 bridgehead atoms. The van der Waals surface area contributed by atoms with E-state index in [9.17, 15) is 0 Å². The maximum Gasteiger partial charge on any atom is 0.137 e. The number of H-pyrrole nitrogens is 1. The molecule has 0 aliphatic carbocycles. The van der Waals surface area contributed by atoms with Crippen LogP contribution in [0, 0.1) is 13.8 Å². The van der Waals surface area contributed by atoms with Crippen molar-refractivity contribution in [2.24, 2.45) is 0 Å². The highest BCUT2D eigenvalue weighted by Gasteiger charge is 2.22. The number of benzene rings is 1. The molecule has 3 heterocycles. The van der Waals surface area contributed by atoms with Crippen LogP contribution in [0.1, 0.15) is 30.7 Å². The van der Waals surface area contributed by atoms with Gasteiger partial charge in [-0.15, -0.1) is 0 Å². The monoisotopic (exact) mass is 351 g/mol. The fourth-order valence-electron chi connectivity index (χ4n) is 3.39. The molecule has 2 unspecified atom stereocenters. The zero-order valence-electron chi connectivity index (χ0n) is 16.2. The molecular weight excluding hydrogens is 322 g/mol. The largest absolute Gasteiger partial charge is 0.373 e. The van der Waals surface area contributed by atoms with E-state index >= 15 is 0 Å². The fourth-order valence-corrected chi connectivity index (χ4v) is 3.39. The number of nitrogens with one attached hydrogen (secondary N) is 1. The lowest BCUT2D eigenvalue weighted by Gasteiger charge is -2.34. The number of hydrogen-bond donors (Lipinski definition) is 1. The topological polar surface area (TPSA) is 41.2 Å². The van der Waals surface area contributed by atoms with E-state index in [-0.39, 0.29) is 0 Å². The Balaban J connectivity index is 0.000000206. The molecule has 0 saturated carbocycles. The molecular formula is C22H29N3O. The van der Waals surface area contributed by atoms with Gasteiger partial charge in [-0.2, -0.15) is 0 Å². The Hall–Kier alpha value is -2.17. The van der Waals surface area contributed by atoms with Gasteiger partial charge in [-0.25, -0.2) is 4.98 Å². The number of nitrogens with zero attached hydrogens (tertiary/aromatic N) is 2. The third-order valence-corrected chi connectivity index (χ3v) is 4.56. The van der Waals surface area contributed by atoms with Crippen LogP contribution >= 0.6 is 0 Å². The minimum Gasteiger partial charge on any atom is -0.373 e. The first-order valence-corrected chi connectivity index (χ1v) is 9.33. The summed E-state index contributed by atoms with van der Waals surface area (Å²) < 4.78 is 5.75. The number of morpholine rings is 1. The SMILES string of the molecule is CC1CN(Cc2cc3cccnc3[nH]2)CC(C)O1.Cc1ccc(C)cc1. The van der Waals surface area contributed by atoms with Gasteiger partial charge in [-0.1, -0.05) is 35.4 Å². The summed E-state index contributed by atoms with van der Waals surface area (Å²) in [5.74, 6) is 0. The summed E-state index contributed by atoms with van der Waals surface area (Å²) in [6.45, 7) is 11.4. The molecule has 2 aromatic heterocycles. The Bertz CT molecular complexity index is 761. The predicted octanol–water partition coefficient (Wildman–Crippen LogP) is 4.48. The standard InChI is InChI=1S/C14H19N3O.C8H10/c1-10-7-17(8-11(2)18-10)9-13-6-12-4-3-5-15-14(12)16-13;1-7-3-5-8(2)6-4-7/h3-6,10-11H,7-9H2,1-2H3,(H,15,16);3-6H,1-2H3. The van der Waals surface area contributed by atoms with Gasteiger partial charge >= 0.3 is 0 Å². The van der Waals surface area contributed by atoms with E-state index in [4.69, 9.17) is 4.74 Å². The van der Waals surface area contributed by atoms with E-state index in [1.807, 2.05) is 12.3 Å². The Labute approximate surface area is 156 Å². The average Bonchev–Trinajstić information content (AvgIpc) is 2.99. The minimum absolute atomic E-state index is 0.316. The number of rotatable bonds is 2. The summed E-state index contributed by atoms with van der Waals surface area (Å²) in [6, 6.07) is 14.7. The maximum absolute atomic E-state index is 5.75. The van der Waals surface area contributed by atoms with Crippen molar-refractivity contribution in [1.29, 1.82) is 0 Å². The first-order chi connectivity index (χ1) is 12.5. The third kappa shape index (κ3) is 5.16. The average molecular weight is 351 g/mol. The molecule has 1 saturated heterocycles. The van der Waals surface area contributed by atoms with Crippen LogP contribution in [0.15, 0.2) is 48.7 Å². The normalized spacial score (nSPS) is 20.6. The smallest absolute Gasteiger partial charge is 0.137 e. The summed E-state index contributed by atoms with van der Waals surface area (Å²) in [5.41, 5.74) is 4.86. The van der Waals surface area contributed by atoms with Crippen LogP contribution in [-0.4, -0.2) is 40.2 Å². The van der Waals surface area contributed by atoms with E-state index < -0.39 is 0 Å². The highest BCUT2D eigenvalue weighted by molar-refractivity contribution is 5.76. The number of ether oxygens (including phenoxy) is 1. The Morgan fingerprint density at radius 3 is 2.23 bits per heavy atom. The number of fused-ring (bicyclic) bond motifs is 1. The molecule has 4 nitrogen and oxygen atoms in total. The Morgan fingerprint density at radius 1 is 1.04 bits per heavy atom. The number of aromatic amines is 1. The van der Waals surface area contributed by atoms with E-state index in [0.29, 0.717) is 12.2 Å². The number of pyridine rings is 1. The van der Waals surface area contributed by atoms with E-state index in [1.165, 1.54) is 22.2 Å². The van der Waals surface area contributed by atoms with Gasteiger partial charge in [-0.05, 0) is 45.9 Å². The maximum atomic E-state index is 5.75. The van der Waals surface area contributed by atoms with Crippen LogP contribution in [0.4, 0.5) is 0 Å². The molecule has 1 fully saturated rings. The quantitative estimate of drug-likeness (QED) is 0.740. The molecule has 1 N–H and O–H groups in total. The molecule has 4 rings (SSSR count). The molecule has 138 valence electrons. The summed E-state index contributed by atoms with van der Waals surface area (Å²) in [6.07, 6.45) is 2.45. The minimum atomic E-state index is 0.316.